The molecule has 0 aliphatic carbocycles. The summed E-state index contributed by atoms with van der Waals surface area (Å²) in [6, 6.07) is 15.7. The number of benzene rings is 2. The average Bonchev–Trinajstić information content (AvgIpc) is 2.58. The van der Waals surface area contributed by atoms with Crippen molar-refractivity contribution in [3.63, 3.8) is 0 Å². The van der Waals surface area contributed by atoms with Crippen LogP contribution in [0.2, 0.25) is 0 Å². The third-order valence-electron chi connectivity index (χ3n) is 3.50. The summed E-state index contributed by atoms with van der Waals surface area (Å²) in [5.74, 6) is 0.467. The topological polar surface area (TPSA) is 53.3 Å². The van der Waals surface area contributed by atoms with Gasteiger partial charge < -0.3 is 9.64 Å². The third-order valence-corrected chi connectivity index (χ3v) is 4.34. The number of aryl methyl sites for hydroxylation is 1. The first-order valence-electron chi connectivity index (χ1n) is 7.72. The summed E-state index contributed by atoms with van der Waals surface area (Å²) >= 11 is 2.19. The van der Waals surface area contributed by atoms with Gasteiger partial charge in [-0.05, 0) is 58.9 Å². The molecular formula is C20H19IN2O2. The fourth-order valence-electron chi connectivity index (χ4n) is 2.24. The summed E-state index contributed by atoms with van der Waals surface area (Å²) < 4.78 is 6.81. The molecule has 0 radical (unpaired) electrons. The van der Waals surface area contributed by atoms with E-state index in [1.165, 1.54) is 10.5 Å². The highest BCUT2D eigenvalue weighted by atomic mass is 127. The van der Waals surface area contributed by atoms with Gasteiger partial charge in [-0.2, -0.15) is 5.26 Å². The summed E-state index contributed by atoms with van der Waals surface area (Å²) in [6.45, 7) is 2.55. The highest BCUT2D eigenvalue weighted by Gasteiger charge is 2.11. The fraction of sp³-hybridized carbons (Fsp3) is 0.200. The minimum absolute atomic E-state index is 0.106. The molecule has 0 saturated heterocycles. The van der Waals surface area contributed by atoms with Crippen molar-refractivity contribution in [3.8, 4) is 11.8 Å². The number of rotatable bonds is 5. The predicted octanol–water partition coefficient (Wildman–Crippen LogP) is 4.17. The first kappa shape index (κ1) is 19.0. The average molecular weight is 446 g/mol. The van der Waals surface area contributed by atoms with Crippen LogP contribution in [0.3, 0.4) is 0 Å². The molecule has 0 bridgehead atoms. The van der Waals surface area contributed by atoms with Crippen LogP contribution < -0.4 is 4.74 Å². The lowest BCUT2D eigenvalue weighted by Gasteiger charge is -2.10. The number of ether oxygens (including phenoxy) is 1. The number of carbonyl (C=O) groups is 1. The molecule has 0 heterocycles. The largest absolute Gasteiger partial charge is 0.488 e. The Morgan fingerprint density at radius 3 is 2.64 bits per heavy atom. The lowest BCUT2D eigenvalue weighted by molar-refractivity contribution is -0.124. The molecule has 4 nitrogen and oxygen atoms in total. The molecule has 2 rings (SSSR count). The first-order valence-corrected chi connectivity index (χ1v) is 8.80. The number of carbonyl (C=O) groups excluding carboxylic acids is 1. The van der Waals surface area contributed by atoms with Crippen LogP contribution in [-0.2, 0) is 11.4 Å². The van der Waals surface area contributed by atoms with Crippen LogP contribution in [-0.4, -0.2) is 24.9 Å². The van der Waals surface area contributed by atoms with E-state index in [1.807, 2.05) is 36.4 Å². The number of likely N-dealkylation sites (N-methyl/N-ethyl adjacent to an activating group) is 1. The van der Waals surface area contributed by atoms with E-state index < -0.39 is 0 Å². The van der Waals surface area contributed by atoms with Crippen molar-refractivity contribution in [2.24, 2.45) is 0 Å². The van der Waals surface area contributed by atoms with Crippen LogP contribution >= 0.6 is 22.6 Å². The molecule has 0 N–H and O–H groups in total. The van der Waals surface area contributed by atoms with Crippen LogP contribution in [0.1, 0.15) is 16.7 Å². The van der Waals surface area contributed by atoms with Crippen LogP contribution in [0.25, 0.3) is 6.08 Å². The molecule has 0 fully saturated rings. The zero-order valence-electron chi connectivity index (χ0n) is 14.4. The highest BCUT2D eigenvalue weighted by Crippen LogP contribution is 2.24. The van der Waals surface area contributed by atoms with E-state index in [2.05, 4.69) is 41.6 Å². The van der Waals surface area contributed by atoms with E-state index in [1.54, 1.807) is 20.2 Å². The Morgan fingerprint density at radius 2 is 2.04 bits per heavy atom. The van der Waals surface area contributed by atoms with Crippen molar-refractivity contribution >= 4 is 34.6 Å². The molecular weight excluding hydrogens is 427 g/mol. The van der Waals surface area contributed by atoms with Gasteiger partial charge in [0, 0.05) is 14.1 Å². The Kier molecular flexibility index (Phi) is 6.59. The van der Waals surface area contributed by atoms with Gasteiger partial charge in [-0.3, -0.25) is 4.79 Å². The van der Waals surface area contributed by atoms with Crippen molar-refractivity contribution in [1.29, 1.82) is 5.26 Å². The van der Waals surface area contributed by atoms with Gasteiger partial charge in [0.1, 0.15) is 24.0 Å². The van der Waals surface area contributed by atoms with Crippen molar-refractivity contribution in [1.82, 2.24) is 4.90 Å². The first-order chi connectivity index (χ1) is 11.9. The zero-order valence-corrected chi connectivity index (χ0v) is 16.6. The summed E-state index contributed by atoms with van der Waals surface area (Å²) in [5, 5.41) is 9.17. The minimum Gasteiger partial charge on any atom is -0.488 e. The Labute approximate surface area is 161 Å². The molecule has 0 aromatic heterocycles. The second-order valence-electron chi connectivity index (χ2n) is 5.84. The number of nitrogens with zero attached hydrogens (tertiary/aromatic N) is 2. The van der Waals surface area contributed by atoms with E-state index in [4.69, 9.17) is 4.74 Å². The van der Waals surface area contributed by atoms with E-state index in [0.29, 0.717) is 6.61 Å². The van der Waals surface area contributed by atoms with Gasteiger partial charge in [0.2, 0.25) is 0 Å². The highest BCUT2D eigenvalue weighted by molar-refractivity contribution is 14.1. The van der Waals surface area contributed by atoms with Gasteiger partial charge in [-0.1, -0.05) is 35.9 Å². The molecule has 5 heteroatoms. The van der Waals surface area contributed by atoms with Crippen LogP contribution in [0.4, 0.5) is 0 Å². The van der Waals surface area contributed by atoms with Crippen LogP contribution in [0.15, 0.2) is 48.0 Å². The van der Waals surface area contributed by atoms with Gasteiger partial charge in [0.15, 0.2) is 0 Å². The van der Waals surface area contributed by atoms with Crippen molar-refractivity contribution < 1.29 is 9.53 Å². The quantitative estimate of drug-likeness (QED) is 0.394. The lowest BCUT2D eigenvalue weighted by Crippen LogP contribution is -2.22. The normalized spacial score (nSPS) is 10.9. The summed E-state index contributed by atoms with van der Waals surface area (Å²) in [4.78, 5) is 13.3. The summed E-state index contributed by atoms with van der Waals surface area (Å²) in [6.07, 6.45) is 1.59. The van der Waals surface area contributed by atoms with Gasteiger partial charge >= 0.3 is 0 Å². The molecule has 0 spiro atoms. The molecule has 128 valence electrons. The smallest absolute Gasteiger partial charge is 0.264 e. The van der Waals surface area contributed by atoms with Crippen molar-refractivity contribution in [3.05, 3.63) is 68.3 Å². The second kappa shape index (κ2) is 8.67. The molecule has 0 atom stereocenters. The van der Waals surface area contributed by atoms with E-state index >= 15 is 0 Å². The molecule has 2 aromatic rings. The predicted molar refractivity (Wildman–Crippen MR) is 107 cm³/mol. The maximum absolute atomic E-state index is 11.9. The van der Waals surface area contributed by atoms with Crippen molar-refractivity contribution in [2.45, 2.75) is 13.5 Å². The Balaban J connectivity index is 2.15. The summed E-state index contributed by atoms with van der Waals surface area (Å²) in [7, 11) is 3.25. The zero-order chi connectivity index (χ0) is 18.4. The number of amides is 1. The monoisotopic (exact) mass is 446 g/mol. The fourth-order valence-corrected chi connectivity index (χ4v) is 2.93. The minimum atomic E-state index is -0.308. The summed E-state index contributed by atoms with van der Waals surface area (Å²) in [5.41, 5.74) is 3.21. The van der Waals surface area contributed by atoms with E-state index in [9.17, 15) is 10.1 Å². The van der Waals surface area contributed by atoms with E-state index in [0.717, 1.165) is 20.4 Å². The molecule has 0 aliphatic heterocycles. The molecule has 0 saturated carbocycles. The van der Waals surface area contributed by atoms with Gasteiger partial charge in [0.25, 0.3) is 5.91 Å². The molecule has 2 aromatic carbocycles. The van der Waals surface area contributed by atoms with Gasteiger partial charge in [-0.25, -0.2) is 0 Å². The molecule has 1 amide bonds. The third kappa shape index (κ3) is 5.33. The molecule has 25 heavy (non-hydrogen) atoms. The second-order valence-corrected chi connectivity index (χ2v) is 7.00. The number of hydrogen-bond acceptors (Lipinski definition) is 3. The Bertz CT molecular complexity index is 851. The maximum atomic E-state index is 11.9. The van der Waals surface area contributed by atoms with E-state index in [-0.39, 0.29) is 11.5 Å². The van der Waals surface area contributed by atoms with Crippen molar-refractivity contribution in [2.75, 3.05) is 14.1 Å². The van der Waals surface area contributed by atoms with Crippen LogP contribution in [0.5, 0.6) is 5.75 Å². The Hall–Kier alpha value is -2.33. The standard InChI is InChI=1S/C20H19IN2O2/c1-14-5-4-6-16(9-14)13-25-19-8-7-15(11-18(19)21)10-17(12-22)20(24)23(2)3/h4-11H,13H2,1-3H3/b17-10-. The maximum Gasteiger partial charge on any atom is 0.264 e. The SMILES string of the molecule is Cc1cccc(COc2ccc(/C=C(/C#N)C(=O)N(C)C)cc2I)c1. The van der Waals surface area contributed by atoms with Gasteiger partial charge in [0.05, 0.1) is 3.57 Å². The number of hydrogen-bond donors (Lipinski definition) is 0. The lowest BCUT2D eigenvalue weighted by atomic mass is 10.1. The van der Waals surface area contributed by atoms with Crippen LogP contribution in [0, 0.1) is 21.8 Å². The molecule has 0 aliphatic rings. The number of halogens is 1. The number of nitriles is 1. The van der Waals surface area contributed by atoms with Gasteiger partial charge in [-0.15, -0.1) is 0 Å². The molecule has 0 unspecified atom stereocenters. The Morgan fingerprint density at radius 1 is 1.28 bits per heavy atom.